The quantitative estimate of drug-likeness (QED) is 0.572. The first-order valence-electron chi connectivity index (χ1n) is 10.4. The van der Waals surface area contributed by atoms with Crippen LogP contribution in [0.4, 0.5) is 5.69 Å². The lowest BCUT2D eigenvalue weighted by atomic mass is 10.1. The van der Waals surface area contributed by atoms with Gasteiger partial charge in [-0.25, -0.2) is 0 Å². The fourth-order valence-electron chi connectivity index (χ4n) is 3.69. The van der Waals surface area contributed by atoms with E-state index in [0.717, 1.165) is 23.2 Å². The van der Waals surface area contributed by atoms with Crippen molar-refractivity contribution in [3.63, 3.8) is 0 Å². The Morgan fingerprint density at radius 1 is 1.00 bits per heavy atom. The molecule has 0 radical (unpaired) electrons. The van der Waals surface area contributed by atoms with Gasteiger partial charge >= 0.3 is 0 Å². The van der Waals surface area contributed by atoms with Crippen LogP contribution in [0.3, 0.4) is 0 Å². The molecule has 1 aliphatic rings. The number of hydrogen-bond donors (Lipinski definition) is 1. The Labute approximate surface area is 187 Å². The number of carbonyl (C=O) groups excluding carboxylic acids is 2. The van der Waals surface area contributed by atoms with Gasteiger partial charge in [-0.3, -0.25) is 9.59 Å². The second kappa shape index (κ2) is 9.40. The van der Waals surface area contributed by atoms with Crippen LogP contribution in [0.25, 0.3) is 0 Å². The van der Waals surface area contributed by atoms with E-state index in [2.05, 4.69) is 24.4 Å². The van der Waals surface area contributed by atoms with Crippen LogP contribution in [0, 0.1) is 13.8 Å². The molecule has 0 saturated carbocycles. The second-order valence-corrected chi connectivity index (χ2v) is 8.93. The zero-order valence-corrected chi connectivity index (χ0v) is 18.6. The van der Waals surface area contributed by atoms with Crippen LogP contribution in [0.1, 0.15) is 38.0 Å². The minimum Gasteiger partial charge on any atom is -0.326 e. The predicted molar refractivity (Wildman–Crippen MR) is 127 cm³/mol. The first-order chi connectivity index (χ1) is 15.0. The molecule has 3 aromatic carbocycles. The molecule has 31 heavy (non-hydrogen) atoms. The number of nitrogens with zero attached hydrogens (tertiary/aromatic N) is 1. The summed E-state index contributed by atoms with van der Waals surface area (Å²) >= 11 is 1.64. The number of nitrogens with one attached hydrogen (secondary N) is 1. The summed E-state index contributed by atoms with van der Waals surface area (Å²) in [4.78, 5) is 27.0. The third-order valence-electron chi connectivity index (χ3n) is 5.68. The SMILES string of the molecule is Cc1ccc(NC(=O)c2ccc([C@@H]3SCC(=O)N3CCc3ccccc3)cc2)cc1C. The van der Waals surface area contributed by atoms with Crippen LogP contribution in [0.5, 0.6) is 0 Å². The van der Waals surface area contributed by atoms with Crippen LogP contribution in [0.2, 0.25) is 0 Å². The third-order valence-corrected chi connectivity index (χ3v) is 6.93. The minimum absolute atomic E-state index is 0.00642. The van der Waals surface area contributed by atoms with Crippen molar-refractivity contribution >= 4 is 29.3 Å². The van der Waals surface area contributed by atoms with Crippen molar-refractivity contribution in [3.05, 3.63) is 101 Å². The molecule has 0 unspecified atom stereocenters. The molecular weight excluding hydrogens is 404 g/mol. The van der Waals surface area contributed by atoms with E-state index in [-0.39, 0.29) is 17.2 Å². The topological polar surface area (TPSA) is 49.4 Å². The van der Waals surface area contributed by atoms with E-state index in [9.17, 15) is 9.59 Å². The fourth-order valence-corrected chi connectivity index (χ4v) is 4.91. The predicted octanol–water partition coefficient (Wildman–Crippen LogP) is 5.37. The van der Waals surface area contributed by atoms with Gasteiger partial charge in [0.2, 0.25) is 5.91 Å². The highest BCUT2D eigenvalue weighted by molar-refractivity contribution is 8.00. The second-order valence-electron chi connectivity index (χ2n) is 7.86. The number of carbonyl (C=O) groups is 2. The molecule has 158 valence electrons. The highest BCUT2D eigenvalue weighted by atomic mass is 32.2. The van der Waals surface area contributed by atoms with Crippen molar-refractivity contribution < 1.29 is 9.59 Å². The molecular formula is C26H26N2O2S. The molecule has 1 heterocycles. The monoisotopic (exact) mass is 430 g/mol. The van der Waals surface area contributed by atoms with E-state index in [1.54, 1.807) is 11.8 Å². The standard InChI is InChI=1S/C26H26N2O2S/c1-18-8-13-23(16-19(18)2)27-25(30)21-9-11-22(12-10-21)26-28(24(29)17-31-26)15-14-20-6-4-3-5-7-20/h3-13,16,26H,14-15,17H2,1-2H3,(H,27,30)/t26-/m0/s1. The molecule has 5 heteroatoms. The van der Waals surface area contributed by atoms with E-state index >= 15 is 0 Å². The maximum absolute atomic E-state index is 12.6. The van der Waals surface area contributed by atoms with Crippen LogP contribution < -0.4 is 5.32 Å². The van der Waals surface area contributed by atoms with Gasteiger partial charge in [-0.2, -0.15) is 0 Å². The number of amides is 2. The number of benzene rings is 3. The highest BCUT2D eigenvalue weighted by Gasteiger charge is 2.32. The average molecular weight is 431 g/mol. The lowest BCUT2D eigenvalue weighted by Gasteiger charge is -2.24. The van der Waals surface area contributed by atoms with Crippen LogP contribution in [-0.4, -0.2) is 29.0 Å². The van der Waals surface area contributed by atoms with Gasteiger partial charge in [-0.15, -0.1) is 11.8 Å². The highest BCUT2D eigenvalue weighted by Crippen LogP contribution is 2.38. The van der Waals surface area contributed by atoms with E-state index in [4.69, 9.17) is 0 Å². The zero-order valence-electron chi connectivity index (χ0n) is 17.8. The summed E-state index contributed by atoms with van der Waals surface area (Å²) in [6.07, 6.45) is 0.833. The van der Waals surface area contributed by atoms with Crippen LogP contribution >= 0.6 is 11.8 Å². The van der Waals surface area contributed by atoms with Gasteiger partial charge in [0, 0.05) is 17.8 Å². The van der Waals surface area contributed by atoms with Crippen molar-refractivity contribution in [3.8, 4) is 0 Å². The van der Waals surface area contributed by atoms with Crippen molar-refractivity contribution in [2.24, 2.45) is 0 Å². The van der Waals surface area contributed by atoms with E-state index in [0.29, 0.717) is 17.9 Å². The molecule has 0 bridgehead atoms. The fraction of sp³-hybridized carbons (Fsp3) is 0.231. The third kappa shape index (κ3) is 5.00. The van der Waals surface area contributed by atoms with Crippen molar-refractivity contribution in [2.45, 2.75) is 25.6 Å². The van der Waals surface area contributed by atoms with Gasteiger partial charge in [0.1, 0.15) is 5.37 Å². The lowest BCUT2D eigenvalue weighted by Crippen LogP contribution is -2.30. The zero-order chi connectivity index (χ0) is 21.8. The molecule has 1 saturated heterocycles. The first-order valence-corrected chi connectivity index (χ1v) is 11.5. The van der Waals surface area contributed by atoms with E-state index < -0.39 is 0 Å². The Balaban J connectivity index is 1.43. The van der Waals surface area contributed by atoms with Crippen molar-refractivity contribution in [1.29, 1.82) is 0 Å². The first kappa shape index (κ1) is 21.2. The minimum atomic E-state index is -0.133. The molecule has 3 aromatic rings. The van der Waals surface area contributed by atoms with Crippen molar-refractivity contribution in [1.82, 2.24) is 4.90 Å². The lowest BCUT2D eigenvalue weighted by molar-refractivity contribution is -0.128. The Hall–Kier alpha value is -3.05. The van der Waals surface area contributed by atoms with Crippen LogP contribution in [-0.2, 0) is 11.2 Å². The molecule has 1 atom stereocenters. The Bertz CT molecular complexity index is 1080. The van der Waals surface area contributed by atoms with E-state index in [1.807, 2.05) is 72.5 Å². The summed E-state index contributed by atoms with van der Waals surface area (Å²) in [6, 6.07) is 23.7. The maximum atomic E-state index is 12.6. The number of anilines is 1. The number of hydrogen-bond acceptors (Lipinski definition) is 3. The van der Waals surface area contributed by atoms with Crippen molar-refractivity contribution in [2.75, 3.05) is 17.6 Å². The number of rotatable bonds is 6. The number of thioether (sulfide) groups is 1. The summed E-state index contributed by atoms with van der Waals surface area (Å²) in [6.45, 7) is 4.77. The molecule has 4 nitrogen and oxygen atoms in total. The summed E-state index contributed by atoms with van der Waals surface area (Å²) < 4.78 is 0. The summed E-state index contributed by atoms with van der Waals surface area (Å²) in [5, 5.41) is 2.95. The van der Waals surface area contributed by atoms with Gasteiger partial charge in [-0.1, -0.05) is 48.5 Å². The van der Waals surface area contributed by atoms with E-state index in [1.165, 1.54) is 11.1 Å². The van der Waals surface area contributed by atoms with Gasteiger partial charge in [0.15, 0.2) is 0 Å². The van der Waals surface area contributed by atoms with Crippen LogP contribution in [0.15, 0.2) is 72.8 Å². The molecule has 1 fully saturated rings. The molecule has 2 amide bonds. The normalized spacial score (nSPS) is 15.9. The molecule has 1 N–H and O–H groups in total. The molecule has 0 spiro atoms. The maximum Gasteiger partial charge on any atom is 0.255 e. The molecule has 4 rings (SSSR count). The largest absolute Gasteiger partial charge is 0.326 e. The average Bonchev–Trinajstić information content (AvgIpc) is 3.16. The molecule has 1 aliphatic heterocycles. The van der Waals surface area contributed by atoms with Gasteiger partial charge in [0.25, 0.3) is 5.91 Å². The van der Waals surface area contributed by atoms with Gasteiger partial charge in [0.05, 0.1) is 5.75 Å². The molecule has 0 aromatic heterocycles. The van der Waals surface area contributed by atoms with Gasteiger partial charge < -0.3 is 10.2 Å². The number of aryl methyl sites for hydroxylation is 2. The summed E-state index contributed by atoms with van der Waals surface area (Å²) in [5.74, 6) is 0.530. The Morgan fingerprint density at radius 3 is 2.45 bits per heavy atom. The Morgan fingerprint density at radius 2 is 1.74 bits per heavy atom. The molecule has 0 aliphatic carbocycles. The summed E-state index contributed by atoms with van der Waals surface area (Å²) in [7, 11) is 0. The Kier molecular flexibility index (Phi) is 6.42. The summed E-state index contributed by atoms with van der Waals surface area (Å²) in [5.41, 5.74) is 6.01. The van der Waals surface area contributed by atoms with Gasteiger partial charge in [-0.05, 0) is 66.8 Å². The smallest absolute Gasteiger partial charge is 0.255 e.